The topological polar surface area (TPSA) is 50.9 Å². The highest BCUT2D eigenvalue weighted by Crippen LogP contribution is 2.22. The second kappa shape index (κ2) is 5.73. The molecular formula is C11H19N3. The molecule has 3 nitrogen and oxygen atoms in total. The van der Waals surface area contributed by atoms with Crippen molar-refractivity contribution in [3.05, 3.63) is 30.1 Å². The molecule has 0 saturated carbocycles. The van der Waals surface area contributed by atoms with Crippen LogP contribution in [0.3, 0.4) is 0 Å². The highest BCUT2D eigenvalue weighted by Gasteiger charge is 2.18. The molecule has 14 heavy (non-hydrogen) atoms. The monoisotopic (exact) mass is 193 g/mol. The first-order chi connectivity index (χ1) is 6.83. The van der Waals surface area contributed by atoms with E-state index in [1.165, 1.54) is 5.56 Å². The van der Waals surface area contributed by atoms with Crippen molar-refractivity contribution in [3.8, 4) is 0 Å². The zero-order valence-electron chi connectivity index (χ0n) is 8.90. The molecule has 1 heterocycles. The lowest BCUT2D eigenvalue weighted by Gasteiger charge is -2.24. The van der Waals surface area contributed by atoms with Gasteiger partial charge in [-0.2, -0.15) is 0 Å². The number of rotatable bonds is 5. The van der Waals surface area contributed by atoms with Gasteiger partial charge in [0.25, 0.3) is 0 Å². The van der Waals surface area contributed by atoms with Gasteiger partial charge in [-0.25, -0.2) is 0 Å². The van der Waals surface area contributed by atoms with Crippen LogP contribution in [0.15, 0.2) is 24.5 Å². The average molecular weight is 193 g/mol. The molecule has 0 fully saturated rings. The molecule has 78 valence electrons. The zero-order chi connectivity index (χ0) is 10.4. The molecule has 0 radical (unpaired) electrons. The fraction of sp³-hybridized carbons (Fsp3) is 0.545. The first kappa shape index (κ1) is 11.1. The third-order valence-electron chi connectivity index (χ3n) is 2.67. The Hall–Kier alpha value is -0.930. The normalized spacial score (nSPS) is 15.1. The van der Waals surface area contributed by atoms with Gasteiger partial charge in [0.2, 0.25) is 0 Å². The summed E-state index contributed by atoms with van der Waals surface area (Å²) < 4.78 is 0. The smallest absolute Gasteiger partial charge is 0.0359 e. The maximum Gasteiger partial charge on any atom is 0.0359 e. The van der Waals surface area contributed by atoms with Crippen LogP contribution >= 0.6 is 0 Å². The molecule has 0 aromatic carbocycles. The number of hydrogen-bond acceptors (Lipinski definition) is 3. The van der Waals surface area contributed by atoms with Gasteiger partial charge in [-0.05, 0) is 37.2 Å². The Morgan fingerprint density at radius 2 is 2.07 bits per heavy atom. The van der Waals surface area contributed by atoms with Gasteiger partial charge >= 0.3 is 0 Å². The Labute approximate surface area is 85.7 Å². The van der Waals surface area contributed by atoms with Gasteiger partial charge in [-0.1, -0.05) is 13.3 Å². The number of nitrogens with zero attached hydrogens (tertiary/aromatic N) is 1. The molecule has 0 aliphatic heterocycles. The van der Waals surface area contributed by atoms with Crippen molar-refractivity contribution in [1.29, 1.82) is 0 Å². The molecule has 1 rings (SSSR count). The van der Waals surface area contributed by atoms with Crippen molar-refractivity contribution in [2.45, 2.75) is 19.4 Å². The van der Waals surface area contributed by atoms with Crippen LogP contribution in [0.5, 0.6) is 0 Å². The molecule has 1 aromatic rings. The van der Waals surface area contributed by atoms with Crippen molar-refractivity contribution in [2.24, 2.45) is 11.7 Å². The van der Waals surface area contributed by atoms with Gasteiger partial charge in [-0.15, -0.1) is 0 Å². The lowest BCUT2D eigenvalue weighted by Crippen LogP contribution is -2.30. The Morgan fingerprint density at radius 1 is 1.43 bits per heavy atom. The summed E-state index contributed by atoms with van der Waals surface area (Å²) in [5.41, 5.74) is 7.01. The Balaban J connectivity index is 2.81. The SMILES string of the molecule is CCC(CN)C(NC)c1ccncc1. The molecule has 1 aromatic heterocycles. The molecule has 0 spiro atoms. The summed E-state index contributed by atoms with van der Waals surface area (Å²) in [5.74, 6) is 0.488. The summed E-state index contributed by atoms with van der Waals surface area (Å²) in [7, 11) is 1.98. The molecule has 3 N–H and O–H groups in total. The van der Waals surface area contributed by atoms with Gasteiger partial charge in [0.05, 0.1) is 0 Å². The summed E-state index contributed by atoms with van der Waals surface area (Å²) in [6.07, 6.45) is 4.73. The molecular weight excluding hydrogens is 174 g/mol. The van der Waals surface area contributed by atoms with Crippen molar-refractivity contribution in [1.82, 2.24) is 10.3 Å². The van der Waals surface area contributed by atoms with Gasteiger partial charge in [0, 0.05) is 18.4 Å². The van der Waals surface area contributed by atoms with Crippen LogP contribution < -0.4 is 11.1 Å². The van der Waals surface area contributed by atoms with Crippen molar-refractivity contribution in [2.75, 3.05) is 13.6 Å². The van der Waals surface area contributed by atoms with E-state index in [2.05, 4.69) is 17.2 Å². The number of nitrogens with one attached hydrogen (secondary N) is 1. The first-order valence-corrected chi connectivity index (χ1v) is 5.10. The quantitative estimate of drug-likeness (QED) is 0.741. The summed E-state index contributed by atoms with van der Waals surface area (Å²) in [4.78, 5) is 4.01. The predicted molar refractivity (Wildman–Crippen MR) is 58.9 cm³/mol. The van der Waals surface area contributed by atoms with Crippen molar-refractivity contribution in [3.63, 3.8) is 0 Å². The van der Waals surface area contributed by atoms with Crippen molar-refractivity contribution >= 4 is 0 Å². The number of nitrogens with two attached hydrogens (primary N) is 1. The Morgan fingerprint density at radius 3 is 2.50 bits per heavy atom. The number of hydrogen-bond donors (Lipinski definition) is 2. The fourth-order valence-electron chi connectivity index (χ4n) is 1.78. The van der Waals surface area contributed by atoms with Crippen LogP contribution in [-0.2, 0) is 0 Å². The van der Waals surface area contributed by atoms with Crippen LogP contribution in [-0.4, -0.2) is 18.6 Å². The van der Waals surface area contributed by atoms with Crippen molar-refractivity contribution < 1.29 is 0 Å². The van der Waals surface area contributed by atoms with Gasteiger partial charge in [-0.3, -0.25) is 4.98 Å². The third-order valence-corrected chi connectivity index (χ3v) is 2.67. The van der Waals surface area contributed by atoms with Gasteiger partial charge in [0.1, 0.15) is 0 Å². The van der Waals surface area contributed by atoms with Gasteiger partial charge in [0.15, 0.2) is 0 Å². The summed E-state index contributed by atoms with van der Waals surface area (Å²) in [5, 5.41) is 3.31. The zero-order valence-corrected chi connectivity index (χ0v) is 8.90. The minimum Gasteiger partial charge on any atom is -0.330 e. The second-order valence-electron chi connectivity index (χ2n) is 3.45. The van der Waals surface area contributed by atoms with Crippen LogP contribution in [0.2, 0.25) is 0 Å². The third kappa shape index (κ3) is 2.53. The van der Waals surface area contributed by atoms with E-state index in [1.807, 2.05) is 31.6 Å². The van der Waals surface area contributed by atoms with E-state index in [-0.39, 0.29) is 0 Å². The Kier molecular flexibility index (Phi) is 4.56. The van der Waals surface area contributed by atoms with Crippen LogP contribution in [0.1, 0.15) is 24.9 Å². The van der Waals surface area contributed by atoms with Gasteiger partial charge < -0.3 is 11.1 Å². The first-order valence-electron chi connectivity index (χ1n) is 5.10. The lowest BCUT2D eigenvalue weighted by molar-refractivity contribution is 0.378. The maximum atomic E-state index is 5.74. The summed E-state index contributed by atoms with van der Waals surface area (Å²) in [6.45, 7) is 2.88. The molecule has 3 heteroatoms. The average Bonchev–Trinajstić information content (AvgIpc) is 2.27. The highest BCUT2D eigenvalue weighted by atomic mass is 14.9. The van der Waals surface area contributed by atoms with E-state index >= 15 is 0 Å². The largest absolute Gasteiger partial charge is 0.330 e. The Bertz CT molecular complexity index is 244. The summed E-state index contributed by atoms with van der Waals surface area (Å²) >= 11 is 0. The predicted octanol–water partition coefficient (Wildman–Crippen LogP) is 1.33. The minimum absolute atomic E-state index is 0.341. The fourth-order valence-corrected chi connectivity index (χ4v) is 1.78. The van der Waals surface area contributed by atoms with Crippen LogP contribution in [0.25, 0.3) is 0 Å². The molecule has 0 aliphatic rings. The molecule has 0 aliphatic carbocycles. The molecule has 0 amide bonds. The standard InChI is InChI=1S/C11H19N3/c1-3-9(8-12)11(13-2)10-4-6-14-7-5-10/h4-7,9,11,13H,3,8,12H2,1-2H3. The minimum atomic E-state index is 0.341. The van der Waals surface area contributed by atoms with E-state index in [0.29, 0.717) is 18.5 Å². The molecule has 2 atom stereocenters. The number of aromatic nitrogens is 1. The summed E-state index contributed by atoms with van der Waals surface area (Å²) in [6, 6.07) is 4.42. The van der Waals surface area contributed by atoms with E-state index in [9.17, 15) is 0 Å². The van der Waals surface area contributed by atoms with Crippen LogP contribution in [0.4, 0.5) is 0 Å². The lowest BCUT2D eigenvalue weighted by atomic mass is 9.92. The molecule has 2 unspecified atom stereocenters. The van der Waals surface area contributed by atoms with E-state index in [1.54, 1.807) is 0 Å². The van der Waals surface area contributed by atoms with E-state index in [0.717, 1.165) is 6.42 Å². The molecule has 0 saturated heterocycles. The molecule has 0 bridgehead atoms. The second-order valence-corrected chi connectivity index (χ2v) is 3.45. The van der Waals surface area contributed by atoms with Crippen LogP contribution in [0, 0.1) is 5.92 Å². The highest BCUT2D eigenvalue weighted by molar-refractivity contribution is 5.16. The van der Waals surface area contributed by atoms with E-state index in [4.69, 9.17) is 5.73 Å². The van der Waals surface area contributed by atoms with E-state index < -0.39 is 0 Å². The maximum absolute atomic E-state index is 5.74. The number of pyridine rings is 1.